The van der Waals surface area contributed by atoms with Gasteiger partial charge in [-0.3, -0.25) is 4.79 Å². The standard InChI is InChI=1S/C17H22N2O2/c1-4-21-12-7-5-11(6-8-12)16-15-13(18-19-16)9-17(2,3)10-14(15)20/h5-8,13,15,18H,4,9-10H2,1-3H3/t13-,15+/m0/s1. The number of carbonyl (C=O) groups excluding carboxylic acids is 1. The van der Waals surface area contributed by atoms with Gasteiger partial charge in [-0.15, -0.1) is 0 Å². The maximum absolute atomic E-state index is 12.5. The Balaban J connectivity index is 1.82. The third kappa shape index (κ3) is 2.67. The molecule has 0 bridgehead atoms. The first-order chi connectivity index (χ1) is 10.00. The van der Waals surface area contributed by atoms with Gasteiger partial charge in [0.25, 0.3) is 0 Å². The van der Waals surface area contributed by atoms with Crippen molar-refractivity contribution in [1.29, 1.82) is 0 Å². The minimum atomic E-state index is -0.101. The summed E-state index contributed by atoms with van der Waals surface area (Å²) in [6.07, 6.45) is 1.61. The van der Waals surface area contributed by atoms with Crippen LogP contribution in [0.4, 0.5) is 0 Å². The van der Waals surface area contributed by atoms with Crippen molar-refractivity contribution in [2.24, 2.45) is 16.4 Å². The molecule has 0 saturated heterocycles. The molecule has 0 amide bonds. The number of Topliss-reactive ketones (excluding diaryl/α,β-unsaturated/α-hetero) is 1. The van der Waals surface area contributed by atoms with E-state index in [1.54, 1.807) is 0 Å². The molecule has 1 aromatic rings. The van der Waals surface area contributed by atoms with Gasteiger partial charge >= 0.3 is 0 Å². The molecule has 3 rings (SSSR count). The minimum absolute atomic E-state index is 0.0645. The predicted molar refractivity (Wildman–Crippen MR) is 82.6 cm³/mol. The summed E-state index contributed by atoms with van der Waals surface area (Å²) in [7, 11) is 0. The van der Waals surface area contributed by atoms with Crippen LogP contribution in [-0.2, 0) is 4.79 Å². The van der Waals surface area contributed by atoms with Gasteiger partial charge in [-0.2, -0.15) is 5.10 Å². The Morgan fingerprint density at radius 2 is 2.05 bits per heavy atom. The number of rotatable bonds is 3. The number of ether oxygens (including phenoxy) is 1. The molecule has 1 N–H and O–H groups in total. The average Bonchev–Trinajstić information content (AvgIpc) is 2.82. The summed E-state index contributed by atoms with van der Waals surface area (Å²) in [5.74, 6) is 1.05. The molecule has 1 aliphatic heterocycles. The number of nitrogens with zero attached hydrogens (tertiary/aromatic N) is 1. The lowest BCUT2D eigenvalue weighted by atomic mass is 9.68. The highest BCUT2D eigenvalue weighted by Crippen LogP contribution is 2.39. The molecule has 0 radical (unpaired) electrons. The third-order valence-corrected chi connectivity index (χ3v) is 4.28. The monoisotopic (exact) mass is 286 g/mol. The number of fused-ring (bicyclic) bond motifs is 1. The lowest BCUT2D eigenvalue weighted by Gasteiger charge is -2.36. The third-order valence-electron chi connectivity index (χ3n) is 4.28. The van der Waals surface area contributed by atoms with Crippen LogP contribution in [-0.4, -0.2) is 24.1 Å². The van der Waals surface area contributed by atoms with Gasteiger partial charge in [0.2, 0.25) is 0 Å². The van der Waals surface area contributed by atoms with E-state index < -0.39 is 0 Å². The van der Waals surface area contributed by atoms with Crippen LogP contribution in [0.5, 0.6) is 5.75 Å². The number of hydrogen-bond acceptors (Lipinski definition) is 4. The summed E-state index contributed by atoms with van der Waals surface area (Å²) in [6, 6.07) is 7.99. The molecule has 1 aromatic carbocycles. The van der Waals surface area contributed by atoms with Crippen LogP contribution in [0.1, 0.15) is 39.2 Å². The molecule has 1 saturated carbocycles. The molecule has 0 unspecified atom stereocenters. The first-order valence-electron chi connectivity index (χ1n) is 7.59. The Labute approximate surface area is 125 Å². The van der Waals surface area contributed by atoms with E-state index in [2.05, 4.69) is 24.4 Å². The molecule has 112 valence electrons. The van der Waals surface area contributed by atoms with Gasteiger partial charge in [0.15, 0.2) is 0 Å². The lowest BCUT2D eigenvalue weighted by molar-refractivity contribution is -0.126. The van der Waals surface area contributed by atoms with E-state index in [4.69, 9.17) is 4.74 Å². The van der Waals surface area contributed by atoms with Gasteiger partial charge in [0.05, 0.1) is 24.3 Å². The number of benzene rings is 1. The highest BCUT2D eigenvalue weighted by atomic mass is 16.5. The quantitative estimate of drug-likeness (QED) is 0.929. The maximum Gasteiger partial charge on any atom is 0.144 e. The Bertz CT molecular complexity index is 575. The zero-order valence-corrected chi connectivity index (χ0v) is 12.8. The number of hydrazone groups is 1. The van der Waals surface area contributed by atoms with E-state index in [0.29, 0.717) is 18.8 Å². The number of ketones is 1. The van der Waals surface area contributed by atoms with Gasteiger partial charge in [0.1, 0.15) is 11.5 Å². The SMILES string of the molecule is CCOc1ccc(C2=NN[C@H]3CC(C)(C)CC(=O)[C@H]23)cc1. The minimum Gasteiger partial charge on any atom is -0.494 e. The Kier molecular flexibility index (Phi) is 3.47. The van der Waals surface area contributed by atoms with Crippen molar-refractivity contribution < 1.29 is 9.53 Å². The van der Waals surface area contributed by atoms with E-state index in [1.165, 1.54) is 0 Å². The second-order valence-corrected chi connectivity index (χ2v) is 6.68. The van der Waals surface area contributed by atoms with Gasteiger partial charge in [-0.25, -0.2) is 0 Å². The molecule has 0 spiro atoms. The lowest BCUT2D eigenvalue weighted by Crippen LogP contribution is -2.45. The molecule has 2 atom stereocenters. The molecule has 1 heterocycles. The summed E-state index contributed by atoms with van der Waals surface area (Å²) < 4.78 is 5.46. The summed E-state index contributed by atoms with van der Waals surface area (Å²) in [6.45, 7) is 6.92. The van der Waals surface area contributed by atoms with Crippen molar-refractivity contribution in [2.45, 2.75) is 39.7 Å². The van der Waals surface area contributed by atoms with E-state index in [0.717, 1.165) is 23.4 Å². The molecule has 21 heavy (non-hydrogen) atoms. The largest absolute Gasteiger partial charge is 0.494 e. The zero-order chi connectivity index (χ0) is 15.0. The Hall–Kier alpha value is -1.84. The second kappa shape index (κ2) is 5.17. The number of hydrogen-bond donors (Lipinski definition) is 1. The molecule has 1 aliphatic carbocycles. The van der Waals surface area contributed by atoms with Crippen molar-refractivity contribution in [3.05, 3.63) is 29.8 Å². The van der Waals surface area contributed by atoms with Crippen molar-refractivity contribution in [1.82, 2.24) is 5.43 Å². The maximum atomic E-state index is 12.5. The topological polar surface area (TPSA) is 50.7 Å². The average molecular weight is 286 g/mol. The van der Waals surface area contributed by atoms with Crippen LogP contribution in [0.3, 0.4) is 0 Å². The second-order valence-electron chi connectivity index (χ2n) is 6.68. The van der Waals surface area contributed by atoms with Gasteiger partial charge in [0, 0.05) is 6.42 Å². The van der Waals surface area contributed by atoms with Gasteiger partial charge in [-0.05, 0) is 48.6 Å². The molecule has 2 aliphatic rings. The van der Waals surface area contributed by atoms with E-state index in [1.807, 2.05) is 31.2 Å². The predicted octanol–water partition coefficient (Wildman–Crippen LogP) is 2.77. The molecular weight excluding hydrogens is 264 g/mol. The van der Waals surface area contributed by atoms with Crippen LogP contribution in [0.15, 0.2) is 29.4 Å². The molecule has 4 nitrogen and oxygen atoms in total. The fraction of sp³-hybridized carbons (Fsp3) is 0.529. The summed E-state index contributed by atoms with van der Waals surface area (Å²) >= 11 is 0. The number of nitrogens with one attached hydrogen (secondary N) is 1. The van der Waals surface area contributed by atoms with Gasteiger partial charge < -0.3 is 10.2 Å². The molecular formula is C17H22N2O2. The molecule has 4 heteroatoms. The highest BCUT2D eigenvalue weighted by molar-refractivity contribution is 6.15. The highest BCUT2D eigenvalue weighted by Gasteiger charge is 2.46. The Morgan fingerprint density at radius 1 is 1.33 bits per heavy atom. The van der Waals surface area contributed by atoms with Crippen molar-refractivity contribution >= 4 is 11.5 Å². The summed E-state index contributed by atoms with van der Waals surface area (Å²) in [5.41, 5.74) is 5.12. The Morgan fingerprint density at radius 3 is 2.71 bits per heavy atom. The van der Waals surface area contributed by atoms with E-state index in [9.17, 15) is 4.79 Å². The van der Waals surface area contributed by atoms with Gasteiger partial charge in [-0.1, -0.05) is 13.8 Å². The summed E-state index contributed by atoms with van der Waals surface area (Å²) in [5, 5.41) is 4.45. The van der Waals surface area contributed by atoms with Crippen LogP contribution >= 0.6 is 0 Å². The van der Waals surface area contributed by atoms with Crippen LogP contribution < -0.4 is 10.2 Å². The van der Waals surface area contributed by atoms with E-state index in [-0.39, 0.29) is 17.4 Å². The first kappa shape index (κ1) is 14.1. The van der Waals surface area contributed by atoms with Crippen LogP contribution in [0.25, 0.3) is 0 Å². The fourth-order valence-electron chi connectivity index (χ4n) is 3.41. The number of carbonyl (C=O) groups is 1. The van der Waals surface area contributed by atoms with Crippen molar-refractivity contribution in [3.63, 3.8) is 0 Å². The normalized spacial score (nSPS) is 26.8. The van der Waals surface area contributed by atoms with E-state index >= 15 is 0 Å². The molecule has 1 fully saturated rings. The zero-order valence-electron chi connectivity index (χ0n) is 12.8. The van der Waals surface area contributed by atoms with Crippen LogP contribution in [0.2, 0.25) is 0 Å². The smallest absolute Gasteiger partial charge is 0.144 e. The van der Waals surface area contributed by atoms with Crippen molar-refractivity contribution in [2.75, 3.05) is 6.61 Å². The molecule has 0 aromatic heterocycles. The first-order valence-corrected chi connectivity index (χ1v) is 7.59. The van der Waals surface area contributed by atoms with Crippen LogP contribution in [0, 0.1) is 11.3 Å². The summed E-state index contributed by atoms with van der Waals surface area (Å²) in [4.78, 5) is 12.5. The van der Waals surface area contributed by atoms with Crippen molar-refractivity contribution in [3.8, 4) is 5.75 Å². The fourth-order valence-corrected chi connectivity index (χ4v) is 3.41.